The van der Waals surface area contributed by atoms with Gasteiger partial charge in [0.25, 0.3) is 0 Å². The first-order valence-electron chi connectivity index (χ1n) is 11.7. The van der Waals surface area contributed by atoms with Crippen LogP contribution in [0.1, 0.15) is 11.3 Å². The third-order valence-corrected chi connectivity index (χ3v) is 6.42. The normalized spacial score (nSPS) is 14.3. The number of para-hydroxylation sites is 1. The monoisotopic (exact) mass is 472 g/mol. The molecule has 1 fully saturated rings. The van der Waals surface area contributed by atoms with Crippen molar-refractivity contribution in [3.8, 4) is 23.0 Å². The number of nitrogens with zero attached hydrogens (tertiary/aromatic N) is 2. The molecule has 3 aromatic carbocycles. The summed E-state index contributed by atoms with van der Waals surface area (Å²) >= 11 is 0. The maximum Gasteiger partial charge on any atom is 0.235 e. The number of hydrogen-bond donors (Lipinski definition) is 1. The van der Waals surface area contributed by atoms with Crippen molar-refractivity contribution < 1.29 is 19.0 Å². The first-order valence-corrected chi connectivity index (χ1v) is 11.7. The molecule has 1 aromatic heterocycles. The fourth-order valence-electron chi connectivity index (χ4n) is 4.45. The van der Waals surface area contributed by atoms with E-state index >= 15 is 0 Å². The Bertz CT molecular complexity index is 1370. The molecule has 0 spiro atoms. The van der Waals surface area contributed by atoms with E-state index in [0.717, 1.165) is 26.2 Å². The van der Waals surface area contributed by atoms with Crippen LogP contribution in [0.15, 0.2) is 75.9 Å². The molecule has 2 heterocycles. The van der Waals surface area contributed by atoms with Crippen LogP contribution in [0.4, 0.5) is 5.69 Å². The molecule has 5 rings (SSSR count). The molecule has 1 aliphatic rings. The number of phenolic OH excluding ortho intramolecular Hbond substituents is 1. The van der Waals surface area contributed by atoms with E-state index in [9.17, 15) is 9.90 Å². The Hall–Kier alpha value is -3.97. The van der Waals surface area contributed by atoms with E-state index in [1.807, 2.05) is 18.2 Å². The van der Waals surface area contributed by atoms with Gasteiger partial charge in [-0.05, 0) is 55.5 Å². The van der Waals surface area contributed by atoms with Crippen LogP contribution in [-0.2, 0) is 6.54 Å². The first kappa shape index (κ1) is 22.8. The molecule has 0 amide bonds. The maximum absolute atomic E-state index is 13.3. The number of aryl methyl sites for hydroxylation is 1. The lowest BCUT2D eigenvalue weighted by Crippen LogP contribution is -2.46. The van der Waals surface area contributed by atoms with Gasteiger partial charge in [0.1, 0.15) is 28.6 Å². The van der Waals surface area contributed by atoms with Crippen LogP contribution in [0, 0.1) is 6.92 Å². The van der Waals surface area contributed by atoms with Crippen LogP contribution < -0.4 is 19.8 Å². The van der Waals surface area contributed by atoms with E-state index in [0.29, 0.717) is 40.3 Å². The predicted octanol–water partition coefficient (Wildman–Crippen LogP) is 4.93. The topological polar surface area (TPSA) is 75.4 Å². The SMILES string of the molecule is COc1ccc(Oc2c(C)oc3c(CN4CCN(c5ccccc5)CC4)c(O)ccc3c2=O)cc1. The molecule has 7 nitrogen and oxygen atoms in total. The lowest BCUT2D eigenvalue weighted by molar-refractivity contribution is 0.246. The first-order chi connectivity index (χ1) is 17.0. The van der Waals surface area contributed by atoms with Crippen molar-refractivity contribution in [2.45, 2.75) is 13.5 Å². The molecule has 0 radical (unpaired) electrons. The fraction of sp³-hybridized carbons (Fsp3) is 0.250. The second-order valence-electron chi connectivity index (χ2n) is 8.63. The quantitative estimate of drug-likeness (QED) is 0.426. The lowest BCUT2D eigenvalue weighted by Gasteiger charge is -2.36. The Labute approximate surface area is 203 Å². The summed E-state index contributed by atoms with van der Waals surface area (Å²) in [6.45, 7) is 5.65. The number of anilines is 1. The predicted molar refractivity (Wildman–Crippen MR) is 136 cm³/mol. The van der Waals surface area contributed by atoms with Gasteiger partial charge >= 0.3 is 0 Å². The van der Waals surface area contributed by atoms with Crippen molar-refractivity contribution in [1.82, 2.24) is 4.90 Å². The third kappa shape index (κ3) is 4.68. The minimum Gasteiger partial charge on any atom is -0.507 e. The molecule has 7 heteroatoms. The van der Waals surface area contributed by atoms with Crippen molar-refractivity contribution in [2.24, 2.45) is 0 Å². The highest BCUT2D eigenvalue weighted by Gasteiger charge is 2.22. The molecule has 0 unspecified atom stereocenters. The van der Waals surface area contributed by atoms with Gasteiger partial charge in [0.15, 0.2) is 0 Å². The summed E-state index contributed by atoms with van der Waals surface area (Å²) in [6, 6.07) is 20.5. The number of ether oxygens (including phenoxy) is 2. The molecular formula is C28H28N2O5. The number of piperazine rings is 1. The molecule has 180 valence electrons. The second-order valence-corrected chi connectivity index (χ2v) is 8.63. The van der Waals surface area contributed by atoms with Crippen LogP contribution >= 0.6 is 0 Å². The number of benzene rings is 3. The summed E-state index contributed by atoms with van der Waals surface area (Å²) in [5.41, 5.74) is 1.97. The van der Waals surface area contributed by atoms with E-state index < -0.39 is 0 Å². The standard InChI is InChI=1S/C28H28N2O5/c1-19-27(35-22-10-8-21(33-2)9-11-22)26(32)23-12-13-25(31)24(28(23)34-19)18-29-14-16-30(17-15-29)20-6-4-3-5-7-20/h3-13,31H,14-18H2,1-2H3. The van der Waals surface area contributed by atoms with Crippen LogP contribution in [0.3, 0.4) is 0 Å². The molecule has 0 saturated carbocycles. The summed E-state index contributed by atoms with van der Waals surface area (Å²) in [7, 11) is 1.59. The molecule has 1 saturated heterocycles. The minimum absolute atomic E-state index is 0.120. The fourth-order valence-corrected chi connectivity index (χ4v) is 4.45. The molecule has 4 aromatic rings. The summed E-state index contributed by atoms with van der Waals surface area (Å²) in [6.07, 6.45) is 0. The van der Waals surface area contributed by atoms with E-state index in [1.165, 1.54) is 5.69 Å². The zero-order chi connectivity index (χ0) is 24.4. The van der Waals surface area contributed by atoms with Crippen LogP contribution in [0.5, 0.6) is 23.0 Å². The van der Waals surface area contributed by atoms with Crippen molar-refractivity contribution in [2.75, 3.05) is 38.2 Å². The number of aromatic hydroxyl groups is 1. The van der Waals surface area contributed by atoms with Crippen molar-refractivity contribution in [1.29, 1.82) is 0 Å². The van der Waals surface area contributed by atoms with Gasteiger partial charge in [-0.1, -0.05) is 18.2 Å². The minimum atomic E-state index is -0.269. The Kier molecular flexibility index (Phi) is 6.33. The van der Waals surface area contributed by atoms with E-state index in [-0.39, 0.29) is 16.9 Å². The van der Waals surface area contributed by atoms with E-state index in [2.05, 4.69) is 21.9 Å². The number of rotatable bonds is 6. The summed E-state index contributed by atoms with van der Waals surface area (Å²) < 4.78 is 17.1. The molecule has 0 aliphatic carbocycles. The van der Waals surface area contributed by atoms with Gasteiger partial charge in [-0.2, -0.15) is 0 Å². The van der Waals surface area contributed by atoms with Gasteiger partial charge in [-0.3, -0.25) is 9.69 Å². The Morgan fingerprint density at radius 3 is 2.29 bits per heavy atom. The van der Waals surface area contributed by atoms with Gasteiger partial charge in [-0.25, -0.2) is 0 Å². The van der Waals surface area contributed by atoms with E-state index in [1.54, 1.807) is 50.4 Å². The second kappa shape index (κ2) is 9.72. The average molecular weight is 473 g/mol. The highest BCUT2D eigenvalue weighted by Crippen LogP contribution is 2.32. The summed E-state index contributed by atoms with van der Waals surface area (Å²) in [5.74, 6) is 1.82. The number of methoxy groups -OCH3 is 1. The molecule has 1 N–H and O–H groups in total. The van der Waals surface area contributed by atoms with E-state index in [4.69, 9.17) is 13.9 Å². The van der Waals surface area contributed by atoms with Crippen LogP contribution in [0.25, 0.3) is 11.0 Å². The summed E-state index contributed by atoms with van der Waals surface area (Å²) in [4.78, 5) is 17.9. The van der Waals surface area contributed by atoms with Gasteiger partial charge in [-0.15, -0.1) is 0 Å². The van der Waals surface area contributed by atoms with Crippen molar-refractivity contribution in [3.63, 3.8) is 0 Å². The Morgan fingerprint density at radius 2 is 1.60 bits per heavy atom. The van der Waals surface area contributed by atoms with Crippen LogP contribution in [-0.4, -0.2) is 43.3 Å². The number of hydrogen-bond acceptors (Lipinski definition) is 7. The smallest absolute Gasteiger partial charge is 0.235 e. The molecule has 0 atom stereocenters. The number of phenols is 1. The van der Waals surface area contributed by atoms with Crippen molar-refractivity contribution in [3.05, 3.63) is 88.3 Å². The zero-order valence-corrected chi connectivity index (χ0v) is 19.9. The van der Waals surface area contributed by atoms with Gasteiger partial charge in [0.05, 0.1) is 18.1 Å². The molecule has 0 bridgehead atoms. The highest BCUT2D eigenvalue weighted by molar-refractivity contribution is 5.83. The molecule has 35 heavy (non-hydrogen) atoms. The lowest BCUT2D eigenvalue weighted by atomic mass is 10.1. The maximum atomic E-state index is 13.3. The Balaban J connectivity index is 1.39. The summed E-state index contributed by atoms with van der Waals surface area (Å²) in [5, 5.41) is 11.0. The Morgan fingerprint density at radius 1 is 0.914 bits per heavy atom. The van der Waals surface area contributed by atoms with Crippen LogP contribution in [0.2, 0.25) is 0 Å². The highest BCUT2D eigenvalue weighted by atomic mass is 16.5. The third-order valence-electron chi connectivity index (χ3n) is 6.42. The van der Waals surface area contributed by atoms with Gasteiger partial charge in [0, 0.05) is 38.4 Å². The zero-order valence-electron chi connectivity index (χ0n) is 19.9. The van der Waals surface area contributed by atoms with Gasteiger partial charge < -0.3 is 23.9 Å². The number of fused-ring (bicyclic) bond motifs is 1. The molecule has 1 aliphatic heterocycles. The van der Waals surface area contributed by atoms with Crippen molar-refractivity contribution >= 4 is 16.7 Å². The van der Waals surface area contributed by atoms with Gasteiger partial charge in [0.2, 0.25) is 11.2 Å². The average Bonchev–Trinajstić information content (AvgIpc) is 2.89. The largest absolute Gasteiger partial charge is 0.507 e. The molecular weight excluding hydrogens is 444 g/mol.